The van der Waals surface area contributed by atoms with Crippen LogP contribution in [0.15, 0.2) is 0 Å². The van der Waals surface area contributed by atoms with Crippen LogP contribution in [-0.4, -0.2) is 91.2 Å². The first-order valence-electron chi connectivity index (χ1n) is 16.2. The Morgan fingerprint density at radius 3 is 2.33 bits per heavy atom. The molecule has 0 bridgehead atoms. The summed E-state index contributed by atoms with van der Waals surface area (Å²) in [7, 11) is 2.48. The predicted molar refractivity (Wildman–Crippen MR) is 159 cm³/mol. The van der Waals surface area contributed by atoms with Crippen LogP contribution in [0, 0.1) is 34.5 Å². The number of halogens is 1. The van der Waals surface area contributed by atoms with E-state index in [1.54, 1.807) is 6.92 Å². The van der Waals surface area contributed by atoms with Crippen LogP contribution < -0.4 is 0 Å². The number of esters is 1. The van der Waals surface area contributed by atoms with Gasteiger partial charge in [0, 0.05) is 37.9 Å². The third-order valence-corrected chi connectivity index (χ3v) is 13.3. The van der Waals surface area contributed by atoms with Crippen molar-refractivity contribution in [3.8, 4) is 0 Å². The summed E-state index contributed by atoms with van der Waals surface area (Å²) < 4.78 is 13.1. The first-order valence-corrected chi connectivity index (χ1v) is 16.2. The summed E-state index contributed by atoms with van der Waals surface area (Å²) in [6, 6.07) is 0.712. The lowest BCUT2D eigenvalue weighted by atomic mass is 9.44. The summed E-state index contributed by atoms with van der Waals surface area (Å²) in [5.41, 5.74) is 0.384. The molecule has 0 aromatic carbocycles. The molecule has 224 valence electrons. The minimum Gasteiger partial charge on any atom is -0.456 e. The minimum absolute atomic E-state index is 0. The zero-order chi connectivity index (χ0) is 26.7. The number of aliphatic hydroxyl groups is 1. The van der Waals surface area contributed by atoms with Crippen molar-refractivity contribution in [2.24, 2.45) is 34.5 Å². The Morgan fingerprint density at radius 1 is 0.974 bits per heavy atom. The lowest BCUT2D eigenvalue weighted by Gasteiger charge is -2.62. The van der Waals surface area contributed by atoms with E-state index in [1.807, 2.05) is 0 Å². The molecule has 39 heavy (non-hydrogen) atoms. The summed E-state index contributed by atoms with van der Waals surface area (Å²) >= 11 is 0. The lowest BCUT2D eigenvalue weighted by molar-refractivity contribution is -0.935. The van der Waals surface area contributed by atoms with E-state index in [0.717, 1.165) is 55.5 Å². The fourth-order valence-electron chi connectivity index (χ4n) is 11.2. The molecular formula is C32H56BrN2O4+. The molecule has 2 saturated heterocycles. The summed E-state index contributed by atoms with van der Waals surface area (Å²) in [6.07, 6.45) is 13.5. The number of hydrogen-bond acceptors (Lipinski definition) is 5. The summed E-state index contributed by atoms with van der Waals surface area (Å²) in [5.74, 6) is 2.63. The average Bonchev–Trinajstić information content (AvgIpc) is 3.02. The molecule has 6 fully saturated rings. The second kappa shape index (κ2) is 11.5. The van der Waals surface area contributed by atoms with Gasteiger partial charge in [0.25, 0.3) is 0 Å². The number of ether oxygens (including phenoxy) is 2. The first-order chi connectivity index (χ1) is 18.2. The number of carbonyl (C=O) groups is 1. The third kappa shape index (κ3) is 5.17. The second-order valence-corrected chi connectivity index (χ2v) is 15.1. The van der Waals surface area contributed by atoms with Crippen LogP contribution in [0.5, 0.6) is 0 Å². The monoisotopic (exact) mass is 611 g/mol. The van der Waals surface area contributed by atoms with Crippen molar-refractivity contribution in [1.29, 1.82) is 0 Å². The zero-order valence-electron chi connectivity index (χ0n) is 25.1. The number of likely N-dealkylation sites (N-methyl/N-ethyl adjacent to an activating group) is 1. The van der Waals surface area contributed by atoms with E-state index < -0.39 is 0 Å². The average molecular weight is 613 g/mol. The van der Waals surface area contributed by atoms with Gasteiger partial charge in [-0.1, -0.05) is 13.8 Å². The van der Waals surface area contributed by atoms with E-state index in [2.05, 4.69) is 25.8 Å². The standard InChI is InChI=1S/C32H55N2O4.BrH/c1-22(35)38-30-28(34(4)15-7-5-6-8-16-34)20-26-24-10-9-23-19-29(36)27(33-13-17-37-18-14-33)21-32(23,3)25(24)11-12-31(26,30)2;/h23-30,36H,5-21H2,1-4H3;1H/q+1;/t23?,24-,25-,26+,27?,28?,29?,30?,31+,32+;/m1./s1. The maximum Gasteiger partial charge on any atom is 0.303 e. The number of morpholine rings is 1. The Kier molecular flexibility index (Phi) is 8.89. The maximum absolute atomic E-state index is 12.5. The van der Waals surface area contributed by atoms with Crippen molar-refractivity contribution in [3.05, 3.63) is 0 Å². The van der Waals surface area contributed by atoms with Gasteiger partial charge in [-0.2, -0.15) is 0 Å². The van der Waals surface area contributed by atoms with Gasteiger partial charge in [-0.15, -0.1) is 17.0 Å². The van der Waals surface area contributed by atoms with Gasteiger partial charge in [-0.25, -0.2) is 0 Å². The zero-order valence-corrected chi connectivity index (χ0v) is 26.8. The molecule has 7 heteroatoms. The molecule has 4 aliphatic carbocycles. The van der Waals surface area contributed by atoms with Crippen LogP contribution in [0.2, 0.25) is 0 Å². The fourth-order valence-corrected chi connectivity index (χ4v) is 11.2. The first kappa shape index (κ1) is 30.3. The van der Waals surface area contributed by atoms with Crippen molar-refractivity contribution in [3.63, 3.8) is 0 Å². The minimum atomic E-state index is -0.201. The number of rotatable bonds is 3. The van der Waals surface area contributed by atoms with Gasteiger partial charge in [0.05, 0.1) is 39.5 Å². The van der Waals surface area contributed by atoms with Crippen LogP contribution in [-0.2, 0) is 14.3 Å². The SMILES string of the molecule is Br.CC(=O)OC1C([N+]2(C)CCCCCC2)C[C@H]2[C@@H]3CCC4CC(O)C(N5CCOCC5)C[C@]4(C)[C@@H]3CC[C@]12C. The fraction of sp³-hybridized carbons (Fsp3) is 0.969. The molecule has 0 aromatic rings. The molecule has 6 nitrogen and oxygen atoms in total. The molecule has 2 aliphatic heterocycles. The highest BCUT2D eigenvalue weighted by atomic mass is 79.9. The number of carbonyl (C=O) groups excluding carboxylic acids is 1. The van der Waals surface area contributed by atoms with E-state index in [9.17, 15) is 9.90 Å². The van der Waals surface area contributed by atoms with E-state index in [4.69, 9.17) is 9.47 Å². The molecular weight excluding hydrogens is 556 g/mol. The summed E-state index contributed by atoms with van der Waals surface area (Å²) in [4.78, 5) is 15.0. The van der Waals surface area contributed by atoms with Gasteiger partial charge in [0.2, 0.25) is 0 Å². The van der Waals surface area contributed by atoms with Gasteiger partial charge >= 0.3 is 5.97 Å². The number of hydrogen-bond donors (Lipinski definition) is 1. The maximum atomic E-state index is 12.5. The smallest absolute Gasteiger partial charge is 0.303 e. The normalized spacial score (nSPS) is 48.0. The van der Waals surface area contributed by atoms with Crippen LogP contribution in [0.25, 0.3) is 0 Å². The van der Waals surface area contributed by atoms with Crippen molar-refractivity contribution in [2.45, 2.75) is 116 Å². The van der Waals surface area contributed by atoms with Crippen LogP contribution in [0.1, 0.15) is 91.4 Å². The van der Waals surface area contributed by atoms with Gasteiger partial charge < -0.3 is 19.1 Å². The van der Waals surface area contributed by atoms with Gasteiger partial charge in [-0.05, 0) is 93.3 Å². The third-order valence-electron chi connectivity index (χ3n) is 13.3. The Hall–Kier alpha value is -0.210. The molecule has 0 aromatic heterocycles. The van der Waals surface area contributed by atoms with Crippen molar-refractivity contribution >= 4 is 23.0 Å². The van der Waals surface area contributed by atoms with E-state index in [0.29, 0.717) is 23.3 Å². The number of likely N-dealkylation sites (tertiary alicyclic amines) is 1. The Labute approximate surface area is 247 Å². The van der Waals surface area contributed by atoms with E-state index in [1.165, 1.54) is 70.9 Å². The predicted octanol–water partition coefficient (Wildman–Crippen LogP) is 5.21. The van der Waals surface area contributed by atoms with E-state index >= 15 is 0 Å². The second-order valence-electron chi connectivity index (χ2n) is 15.1. The number of quaternary nitrogens is 1. The van der Waals surface area contributed by atoms with Crippen molar-refractivity contribution < 1.29 is 23.9 Å². The molecule has 0 radical (unpaired) electrons. The molecule has 0 amide bonds. The topological polar surface area (TPSA) is 59.0 Å². The highest BCUT2D eigenvalue weighted by Gasteiger charge is 2.67. The summed E-state index contributed by atoms with van der Waals surface area (Å²) in [6.45, 7) is 12.7. The van der Waals surface area contributed by atoms with Gasteiger partial charge in [0.1, 0.15) is 6.04 Å². The number of nitrogens with zero attached hydrogens (tertiary/aromatic N) is 2. The van der Waals surface area contributed by atoms with Crippen molar-refractivity contribution in [2.75, 3.05) is 46.4 Å². The molecule has 1 N–H and O–H groups in total. The van der Waals surface area contributed by atoms with Gasteiger partial charge in [-0.3, -0.25) is 9.69 Å². The molecule has 6 aliphatic rings. The highest BCUT2D eigenvalue weighted by Crippen LogP contribution is 2.67. The Balaban J connectivity index is 0.00000308. The molecule has 4 saturated carbocycles. The van der Waals surface area contributed by atoms with Crippen LogP contribution >= 0.6 is 17.0 Å². The number of aliphatic hydroxyl groups excluding tert-OH is 1. The summed E-state index contributed by atoms with van der Waals surface area (Å²) in [5, 5.41) is 11.3. The Morgan fingerprint density at radius 2 is 1.67 bits per heavy atom. The number of fused-ring (bicyclic) bond motifs is 5. The molecule has 0 spiro atoms. The van der Waals surface area contributed by atoms with Crippen LogP contribution in [0.4, 0.5) is 0 Å². The van der Waals surface area contributed by atoms with Crippen LogP contribution in [0.3, 0.4) is 0 Å². The Bertz CT molecular complexity index is 874. The molecule has 2 heterocycles. The highest BCUT2D eigenvalue weighted by molar-refractivity contribution is 8.93. The molecule has 5 unspecified atom stereocenters. The lowest BCUT2D eigenvalue weighted by Crippen LogP contribution is -2.61. The quantitative estimate of drug-likeness (QED) is 0.351. The molecule has 6 rings (SSSR count). The van der Waals surface area contributed by atoms with E-state index in [-0.39, 0.29) is 46.6 Å². The molecule has 10 atom stereocenters. The van der Waals surface area contributed by atoms with Crippen molar-refractivity contribution in [1.82, 2.24) is 4.90 Å². The van der Waals surface area contributed by atoms with Gasteiger partial charge in [0.15, 0.2) is 6.10 Å². The largest absolute Gasteiger partial charge is 0.456 e.